The fraction of sp³-hybridized carbons (Fsp3) is 0.0769. The molecule has 0 spiro atoms. The van der Waals surface area contributed by atoms with Gasteiger partial charge in [-0.1, -0.05) is 53.0 Å². The highest BCUT2D eigenvalue weighted by atomic mass is 35.5. The van der Waals surface area contributed by atoms with Crippen molar-refractivity contribution >= 4 is 50.5 Å². The van der Waals surface area contributed by atoms with Crippen LogP contribution in [0.4, 0.5) is 5.69 Å². The summed E-state index contributed by atoms with van der Waals surface area (Å²) < 4.78 is 27.0. The predicted octanol–water partition coefficient (Wildman–Crippen LogP) is 3.71. The second-order valence-electron chi connectivity index (χ2n) is 4.22. The molecule has 0 aliphatic heterocycles. The van der Waals surface area contributed by atoms with Crippen molar-refractivity contribution in [2.45, 2.75) is 11.4 Å². The zero-order valence-corrected chi connectivity index (χ0v) is 13.7. The molecule has 3 N–H and O–H groups in total. The molecular weight excluding hydrogens is 355 g/mol. The standard InChI is InChI=1S/C13H11Cl3N2O2S/c14-9-5-11(16)13(12(17)6-9)21(19,20)18-7-8-3-1-2-4-10(8)15/h1-6,18H,7,17H2. The van der Waals surface area contributed by atoms with Crippen LogP contribution >= 0.6 is 34.8 Å². The van der Waals surface area contributed by atoms with Gasteiger partial charge in [0.2, 0.25) is 10.0 Å². The summed E-state index contributed by atoms with van der Waals surface area (Å²) in [7, 11) is -3.88. The van der Waals surface area contributed by atoms with Gasteiger partial charge in [0.1, 0.15) is 4.90 Å². The summed E-state index contributed by atoms with van der Waals surface area (Å²) in [4.78, 5) is -0.194. The van der Waals surface area contributed by atoms with Gasteiger partial charge in [-0.15, -0.1) is 0 Å². The number of hydrogen-bond donors (Lipinski definition) is 2. The number of nitrogens with one attached hydrogen (secondary N) is 1. The number of hydrogen-bond acceptors (Lipinski definition) is 3. The van der Waals surface area contributed by atoms with Gasteiger partial charge in [-0.2, -0.15) is 0 Å². The molecule has 0 amide bonds. The SMILES string of the molecule is Nc1cc(Cl)cc(Cl)c1S(=O)(=O)NCc1ccccc1Cl. The Morgan fingerprint density at radius 1 is 1.05 bits per heavy atom. The van der Waals surface area contributed by atoms with Crippen LogP contribution in [0, 0.1) is 0 Å². The van der Waals surface area contributed by atoms with Crippen LogP contribution in [0.5, 0.6) is 0 Å². The third kappa shape index (κ3) is 3.81. The van der Waals surface area contributed by atoms with Crippen molar-refractivity contribution in [2.75, 3.05) is 5.73 Å². The fourth-order valence-corrected chi connectivity index (χ4v) is 3.94. The zero-order chi connectivity index (χ0) is 15.6. The van der Waals surface area contributed by atoms with Crippen LogP contribution in [0.15, 0.2) is 41.3 Å². The molecule has 0 aliphatic rings. The molecule has 2 aromatic carbocycles. The molecule has 21 heavy (non-hydrogen) atoms. The van der Waals surface area contributed by atoms with E-state index in [2.05, 4.69) is 4.72 Å². The van der Waals surface area contributed by atoms with E-state index < -0.39 is 10.0 Å². The molecule has 0 bridgehead atoms. The predicted molar refractivity (Wildman–Crippen MR) is 86.4 cm³/mol. The average Bonchev–Trinajstić information content (AvgIpc) is 2.36. The summed E-state index contributed by atoms with van der Waals surface area (Å²) in [6.07, 6.45) is 0. The number of anilines is 1. The normalized spacial score (nSPS) is 11.6. The molecule has 2 aromatic rings. The summed E-state index contributed by atoms with van der Waals surface area (Å²) in [5.74, 6) is 0. The number of benzene rings is 2. The first-order valence-electron chi connectivity index (χ1n) is 5.79. The molecule has 0 radical (unpaired) electrons. The second kappa shape index (κ2) is 6.42. The highest BCUT2D eigenvalue weighted by Gasteiger charge is 2.22. The van der Waals surface area contributed by atoms with Gasteiger partial charge in [-0.25, -0.2) is 13.1 Å². The van der Waals surface area contributed by atoms with Gasteiger partial charge in [0.05, 0.1) is 10.7 Å². The largest absolute Gasteiger partial charge is 0.398 e. The maximum absolute atomic E-state index is 12.3. The number of halogens is 3. The third-order valence-electron chi connectivity index (χ3n) is 2.72. The molecule has 0 fully saturated rings. The van der Waals surface area contributed by atoms with Crippen molar-refractivity contribution < 1.29 is 8.42 Å². The second-order valence-corrected chi connectivity index (χ2v) is 7.18. The summed E-state index contributed by atoms with van der Waals surface area (Å²) in [6.45, 7) is 0.0282. The summed E-state index contributed by atoms with van der Waals surface area (Å²) >= 11 is 17.7. The molecule has 0 atom stereocenters. The molecule has 0 unspecified atom stereocenters. The highest BCUT2D eigenvalue weighted by Crippen LogP contribution is 2.31. The van der Waals surface area contributed by atoms with Crippen LogP contribution in [0.3, 0.4) is 0 Å². The number of nitrogens with two attached hydrogens (primary N) is 1. The monoisotopic (exact) mass is 364 g/mol. The minimum absolute atomic E-state index is 0.0147. The van der Waals surface area contributed by atoms with Crippen molar-refractivity contribution in [3.63, 3.8) is 0 Å². The van der Waals surface area contributed by atoms with E-state index in [4.69, 9.17) is 40.5 Å². The Kier molecular flexibility index (Phi) is 5.01. The molecule has 2 rings (SSSR count). The van der Waals surface area contributed by atoms with E-state index in [1.165, 1.54) is 12.1 Å². The minimum atomic E-state index is -3.88. The van der Waals surface area contributed by atoms with Gasteiger partial charge in [-0.05, 0) is 23.8 Å². The Morgan fingerprint density at radius 2 is 1.71 bits per heavy atom. The number of rotatable bonds is 4. The van der Waals surface area contributed by atoms with Crippen LogP contribution in [0.1, 0.15) is 5.56 Å². The quantitative estimate of drug-likeness (QED) is 0.811. The lowest BCUT2D eigenvalue weighted by atomic mass is 10.2. The molecule has 0 saturated carbocycles. The summed E-state index contributed by atoms with van der Waals surface area (Å²) in [5, 5.41) is 0.699. The molecule has 4 nitrogen and oxygen atoms in total. The Hall–Kier alpha value is -0.980. The Bertz CT molecular complexity index is 756. The van der Waals surface area contributed by atoms with Crippen LogP contribution < -0.4 is 10.5 Å². The fourth-order valence-electron chi connectivity index (χ4n) is 1.75. The van der Waals surface area contributed by atoms with Crippen LogP contribution in [0.25, 0.3) is 0 Å². The van der Waals surface area contributed by atoms with Crippen LogP contribution in [-0.4, -0.2) is 8.42 Å². The Labute approximate surface area is 137 Å². The maximum atomic E-state index is 12.3. The summed E-state index contributed by atoms with van der Waals surface area (Å²) in [5.41, 5.74) is 6.32. The number of sulfonamides is 1. The van der Waals surface area contributed by atoms with Crippen LogP contribution in [-0.2, 0) is 16.6 Å². The van der Waals surface area contributed by atoms with E-state index in [1.54, 1.807) is 24.3 Å². The highest BCUT2D eigenvalue weighted by molar-refractivity contribution is 7.89. The lowest BCUT2D eigenvalue weighted by Crippen LogP contribution is -2.24. The Morgan fingerprint density at radius 3 is 2.33 bits per heavy atom. The average molecular weight is 366 g/mol. The topological polar surface area (TPSA) is 72.2 Å². The lowest BCUT2D eigenvalue weighted by Gasteiger charge is -2.12. The van der Waals surface area contributed by atoms with Gasteiger partial charge in [0.15, 0.2) is 0 Å². The molecule has 8 heteroatoms. The number of nitrogen functional groups attached to an aromatic ring is 1. The smallest absolute Gasteiger partial charge is 0.244 e. The van der Waals surface area contributed by atoms with Gasteiger partial charge in [0.25, 0.3) is 0 Å². The van der Waals surface area contributed by atoms with Crippen molar-refractivity contribution in [2.24, 2.45) is 0 Å². The van der Waals surface area contributed by atoms with Gasteiger partial charge < -0.3 is 5.73 Å². The first kappa shape index (κ1) is 16.4. The van der Waals surface area contributed by atoms with Gasteiger partial charge >= 0.3 is 0 Å². The van der Waals surface area contributed by atoms with E-state index >= 15 is 0 Å². The van der Waals surface area contributed by atoms with E-state index in [-0.39, 0.29) is 27.2 Å². The lowest BCUT2D eigenvalue weighted by molar-refractivity contribution is 0.582. The maximum Gasteiger partial charge on any atom is 0.244 e. The molecular formula is C13H11Cl3N2O2S. The minimum Gasteiger partial charge on any atom is -0.398 e. The molecule has 0 saturated heterocycles. The van der Waals surface area contributed by atoms with E-state index in [0.717, 1.165) is 0 Å². The Balaban J connectivity index is 2.30. The van der Waals surface area contributed by atoms with Gasteiger partial charge in [-0.3, -0.25) is 0 Å². The van der Waals surface area contributed by atoms with E-state index in [9.17, 15) is 8.42 Å². The van der Waals surface area contributed by atoms with Crippen molar-refractivity contribution in [1.82, 2.24) is 4.72 Å². The van der Waals surface area contributed by atoms with Crippen molar-refractivity contribution in [3.8, 4) is 0 Å². The van der Waals surface area contributed by atoms with E-state index in [1.807, 2.05) is 0 Å². The van der Waals surface area contributed by atoms with Crippen LogP contribution in [0.2, 0.25) is 15.1 Å². The summed E-state index contributed by atoms with van der Waals surface area (Å²) in [6, 6.07) is 9.57. The van der Waals surface area contributed by atoms with Crippen molar-refractivity contribution in [3.05, 3.63) is 57.0 Å². The van der Waals surface area contributed by atoms with Crippen molar-refractivity contribution in [1.29, 1.82) is 0 Å². The third-order valence-corrected chi connectivity index (χ3v) is 5.23. The molecule has 0 heterocycles. The molecule has 0 aliphatic carbocycles. The first-order chi connectivity index (χ1) is 9.81. The van der Waals surface area contributed by atoms with E-state index in [0.29, 0.717) is 10.6 Å². The molecule has 0 aromatic heterocycles. The zero-order valence-electron chi connectivity index (χ0n) is 10.6. The first-order valence-corrected chi connectivity index (χ1v) is 8.40. The molecule has 112 valence electrons. The van der Waals surface area contributed by atoms with Gasteiger partial charge in [0, 0.05) is 16.6 Å².